The van der Waals surface area contributed by atoms with Crippen molar-refractivity contribution in [3.8, 4) is 21.7 Å². The Balaban J connectivity index is 1.66. The van der Waals surface area contributed by atoms with Crippen LogP contribution in [0, 0.1) is 6.92 Å². The van der Waals surface area contributed by atoms with Gasteiger partial charge in [-0.15, -0.1) is 0 Å². The topological polar surface area (TPSA) is 50.4 Å². The Hall–Kier alpha value is -3.18. The second-order valence-corrected chi connectivity index (χ2v) is 6.75. The highest BCUT2D eigenvalue weighted by molar-refractivity contribution is 7.19. The Morgan fingerprint density at radius 1 is 0.923 bits per heavy atom. The van der Waals surface area contributed by atoms with Crippen LogP contribution in [0.4, 0.5) is 5.13 Å². The van der Waals surface area contributed by atoms with Gasteiger partial charge in [0.1, 0.15) is 11.5 Å². The molecular weight excluding hydrogens is 342 g/mol. The van der Waals surface area contributed by atoms with E-state index in [1.165, 1.54) is 0 Å². The number of benzene rings is 2. The standard InChI is InChI=1S/C21H17N3OS/c1-15-12-13-18(25-15)14-22-24-21-23-19(16-8-4-2-5-9-16)20(26-21)17-10-6-3-7-11-17/h2-14H,1H3,(H,23,24)/b22-14-. The van der Waals surface area contributed by atoms with Crippen molar-refractivity contribution in [1.82, 2.24) is 4.98 Å². The molecule has 0 unspecified atom stereocenters. The zero-order valence-corrected chi connectivity index (χ0v) is 15.0. The molecule has 0 aliphatic heterocycles. The summed E-state index contributed by atoms with van der Waals surface area (Å²) in [5.41, 5.74) is 6.20. The largest absolute Gasteiger partial charge is 0.460 e. The van der Waals surface area contributed by atoms with Gasteiger partial charge in [0.25, 0.3) is 0 Å². The van der Waals surface area contributed by atoms with Gasteiger partial charge in [0.05, 0.1) is 16.8 Å². The molecule has 0 bridgehead atoms. The maximum Gasteiger partial charge on any atom is 0.204 e. The Morgan fingerprint density at radius 2 is 1.62 bits per heavy atom. The first kappa shape index (κ1) is 16.3. The summed E-state index contributed by atoms with van der Waals surface area (Å²) in [4.78, 5) is 5.87. The van der Waals surface area contributed by atoms with Gasteiger partial charge < -0.3 is 4.42 Å². The number of hydrogen-bond acceptors (Lipinski definition) is 5. The van der Waals surface area contributed by atoms with Crippen molar-refractivity contribution < 1.29 is 4.42 Å². The molecule has 0 saturated carbocycles. The van der Waals surface area contributed by atoms with Gasteiger partial charge in [-0.1, -0.05) is 72.0 Å². The van der Waals surface area contributed by atoms with Crippen LogP contribution < -0.4 is 5.43 Å². The average molecular weight is 359 g/mol. The molecule has 0 atom stereocenters. The Morgan fingerprint density at radius 3 is 2.27 bits per heavy atom. The van der Waals surface area contributed by atoms with E-state index in [0.717, 1.165) is 32.6 Å². The molecule has 2 aromatic heterocycles. The molecule has 128 valence electrons. The summed E-state index contributed by atoms with van der Waals surface area (Å²) in [6, 6.07) is 24.3. The monoisotopic (exact) mass is 359 g/mol. The van der Waals surface area contributed by atoms with Crippen molar-refractivity contribution in [2.45, 2.75) is 6.92 Å². The summed E-state index contributed by atoms with van der Waals surface area (Å²) in [5, 5.41) is 4.98. The fourth-order valence-corrected chi connectivity index (χ4v) is 3.56. The molecule has 1 N–H and O–H groups in total. The molecular formula is C21H17N3OS. The molecule has 0 aliphatic carbocycles. The molecule has 0 fully saturated rings. The molecule has 26 heavy (non-hydrogen) atoms. The number of nitrogens with one attached hydrogen (secondary N) is 1. The van der Waals surface area contributed by atoms with Gasteiger partial charge >= 0.3 is 0 Å². The SMILES string of the molecule is Cc1ccc(/C=N\Nc2nc(-c3ccccc3)c(-c3ccccc3)s2)o1. The summed E-state index contributed by atoms with van der Waals surface area (Å²) < 4.78 is 5.48. The van der Waals surface area contributed by atoms with Crippen LogP contribution in [0.5, 0.6) is 0 Å². The lowest BCUT2D eigenvalue weighted by molar-refractivity contribution is 0.528. The molecule has 4 nitrogen and oxygen atoms in total. The van der Waals surface area contributed by atoms with Gasteiger partial charge in [0.15, 0.2) is 0 Å². The molecule has 0 spiro atoms. The zero-order chi connectivity index (χ0) is 17.8. The molecule has 0 amide bonds. The minimum atomic E-state index is 0.707. The lowest BCUT2D eigenvalue weighted by Crippen LogP contribution is -1.89. The molecule has 0 radical (unpaired) electrons. The van der Waals surface area contributed by atoms with Gasteiger partial charge in [-0.25, -0.2) is 4.98 Å². The smallest absolute Gasteiger partial charge is 0.204 e. The van der Waals surface area contributed by atoms with Crippen molar-refractivity contribution in [3.05, 3.63) is 84.3 Å². The predicted molar refractivity (Wildman–Crippen MR) is 108 cm³/mol. The highest BCUT2D eigenvalue weighted by Crippen LogP contribution is 2.38. The first-order valence-corrected chi connectivity index (χ1v) is 9.08. The van der Waals surface area contributed by atoms with Gasteiger partial charge in [0, 0.05) is 5.56 Å². The second-order valence-electron chi connectivity index (χ2n) is 5.75. The highest BCUT2D eigenvalue weighted by atomic mass is 32.1. The third-order valence-corrected chi connectivity index (χ3v) is 4.83. The van der Waals surface area contributed by atoms with Crippen LogP contribution in [0.3, 0.4) is 0 Å². The normalized spacial score (nSPS) is 11.1. The van der Waals surface area contributed by atoms with Gasteiger partial charge in [0.2, 0.25) is 5.13 Å². The van der Waals surface area contributed by atoms with Gasteiger partial charge in [-0.05, 0) is 24.6 Å². The van der Waals surface area contributed by atoms with E-state index in [0.29, 0.717) is 5.76 Å². The summed E-state index contributed by atoms with van der Waals surface area (Å²) >= 11 is 1.58. The van der Waals surface area contributed by atoms with E-state index in [9.17, 15) is 0 Å². The molecule has 2 heterocycles. The maximum absolute atomic E-state index is 5.48. The Labute approximate surface area is 155 Å². The summed E-state index contributed by atoms with van der Waals surface area (Å²) in [6.45, 7) is 1.91. The molecule has 0 aliphatic rings. The molecule has 4 rings (SSSR count). The number of furan rings is 1. The van der Waals surface area contributed by atoms with E-state index < -0.39 is 0 Å². The number of aryl methyl sites for hydroxylation is 1. The van der Waals surface area contributed by atoms with E-state index in [1.807, 2.05) is 55.5 Å². The molecule has 4 aromatic rings. The van der Waals surface area contributed by atoms with Crippen LogP contribution in [0.25, 0.3) is 21.7 Å². The minimum absolute atomic E-state index is 0.707. The number of hydrogen-bond donors (Lipinski definition) is 1. The number of hydrazone groups is 1. The Kier molecular flexibility index (Phi) is 4.62. The van der Waals surface area contributed by atoms with Crippen LogP contribution in [0.15, 0.2) is 82.3 Å². The molecule has 5 heteroatoms. The van der Waals surface area contributed by atoms with Crippen LogP contribution >= 0.6 is 11.3 Å². The van der Waals surface area contributed by atoms with E-state index >= 15 is 0 Å². The number of rotatable bonds is 5. The second kappa shape index (κ2) is 7.37. The third-order valence-electron chi connectivity index (χ3n) is 3.82. The zero-order valence-electron chi connectivity index (χ0n) is 14.2. The Bertz CT molecular complexity index is 963. The van der Waals surface area contributed by atoms with Crippen LogP contribution in [0.1, 0.15) is 11.5 Å². The lowest BCUT2D eigenvalue weighted by atomic mass is 10.1. The maximum atomic E-state index is 5.48. The summed E-state index contributed by atoms with van der Waals surface area (Å²) in [5.74, 6) is 1.57. The van der Waals surface area contributed by atoms with E-state index in [-0.39, 0.29) is 0 Å². The fraction of sp³-hybridized carbons (Fsp3) is 0.0476. The van der Waals surface area contributed by atoms with Crippen LogP contribution in [0.2, 0.25) is 0 Å². The lowest BCUT2D eigenvalue weighted by Gasteiger charge is -2.02. The number of aromatic nitrogens is 1. The first-order chi connectivity index (χ1) is 12.8. The van der Waals surface area contributed by atoms with Gasteiger partial charge in [-0.2, -0.15) is 5.10 Å². The summed E-state index contributed by atoms with van der Waals surface area (Å²) in [7, 11) is 0. The number of nitrogens with zero attached hydrogens (tertiary/aromatic N) is 2. The van der Waals surface area contributed by atoms with E-state index in [4.69, 9.17) is 9.40 Å². The summed E-state index contributed by atoms with van der Waals surface area (Å²) in [6.07, 6.45) is 1.65. The third kappa shape index (κ3) is 3.58. The van der Waals surface area contributed by atoms with Crippen molar-refractivity contribution in [3.63, 3.8) is 0 Å². The van der Waals surface area contributed by atoms with Crippen LogP contribution in [-0.4, -0.2) is 11.2 Å². The van der Waals surface area contributed by atoms with Crippen LogP contribution in [-0.2, 0) is 0 Å². The number of anilines is 1. The molecule has 2 aromatic carbocycles. The first-order valence-electron chi connectivity index (χ1n) is 8.27. The van der Waals surface area contributed by atoms with Gasteiger partial charge in [-0.3, -0.25) is 5.43 Å². The predicted octanol–water partition coefficient (Wildman–Crippen LogP) is 5.82. The fourth-order valence-electron chi connectivity index (χ4n) is 2.62. The van der Waals surface area contributed by atoms with E-state index in [2.05, 4.69) is 34.8 Å². The van der Waals surface area contributed by atoms with Crippen molar-refractivity contribution in [1.29, 1.82) is 0 Å². The van der Waals surface area contributed by atoms with Crippen molar-refractivity contribution in [2.75, 3.05) is 5.43 Å². The molecule has 0 saturated heterocycles. The van der Waals surface area contributed by atoms with Crippen molar-refractivity contribution >= 4 is 22.7 Å². The highest BCUT2D eigenvalue weighted by Gasteiger charge is 2.14. The average Bonchev–Trinajstić information content (AvgIpc) is 3.30. The quantitative estimate of drug-likeness (QED) is 0.360. The van der Waals surface area contributed by atoms with Crippen molar-refractivity contribution in [2.24, 2.45) is 5.10 Å². The van der Waals surface area contributed by atoms with E-state index in [1.54, 1.807) is 17.6 Å². The number of thiazole rings is 1. The minimum Gasteiger partial charge on any atom is -0.460 e.